The summed E-state index contributed by atoms with van der Waals surface area (Å²) < 4.78 is 1.91. The van der Waals surface area contributed by atoms with Gasteiger partial charge in [-0.15, -0.1) is 16.4 Å². The third kappa shape index (κ3) is 4.18. The molecule has 0 spiro atoms. The van der Waals surface area contributed by atoms with Gasteiger partial charge in [-0.3, -0.25) is 20.2 Å². The van der Waals surface area contributed by atoms with Crippen LogP contribution in [0.15, 0.2) is 64.1 Å². The number of thiazole rings is 1. The number of aromatic nitrogens is 1. The van der Waals surface area contributed by atoms with Crippen LogP contribution in [0.5, 0.6) is 0 Å². The maximum atomic E-state index is 11.0. The first kappa shape index (κ1) is 19.1. The number of nitro benzene ring substituents is 2. The number of hydrogen-bond donors (Lipinski definition) is 0. The molecular formula is C18H15N5O4S. The molecule has 0 amide bonds. The summed E-state index contributed by atoms with van der Waals surface area (Å²) >= 11 is 1.37. The van der Waals surface area contributed by atoms with Gasteiger partial charge in [0.1, 0.15) is 0 Å². The van der Waals surface area contributed by atoms with E-state index >= 15 is 0 Å². The van der Waals surface area contributed by atoms with Crippen molar-refractivity contribution in [2.75, 3.05) is 0 Å². The zero-order chi connectivity index (χ0) is 20.1. The molecule has 3 rings (SSSR count). The summed E-state index contributed by atoms with van der Waals surface area (Å²) in [5, 5.41) is 31.8. The summed E-state index contributed by atoms with van der Waals surface area (Å²) in [5.41, 5.74) is 2.28. The molecule has 28 heavy (non-hydrogen) atoms. The van der Waals surface area contributed by atoms with Gasteiger partial charge in [-0.25, -0.2) is 0 Å². The minimum atomic E-state index is -0.462. The van der Waals surface area contributed by atoms with Gasteiger partial charge in [0.05, 0.1) is 21.8 Å². The Balaban J connectivity index is 1.90. The highest BCUT2D eigenvalue weighted by Crippen LogP contribution is 2.24. The standard InChI is InChI=1S/C18H15N5O4S/c1-2-21-17(14-4-3-5-16(10-14)23(26)27)12-28-18(21)20-19-11-13-6-8-15(9-7-13)22(24)25/h3-12H,2H2,1H3/b19-11-,20-18-. The van der Waals surface area contributed by atoms with Gasteiger partial charge < -0.3 is 4.57 Å². The Morgan fingerprint density at radius 1 is 1.07 bits per heavy atom. The monoisotopic (exact) mass is 397 g/mol. The van der Waals surface area contributed by atoms with Crippen molar-refractivity contribution < 1.29 is 9.85 Å². The van der Waals surface area contributed by atoms with Gasteiger partial charge in [0.2, 0.25) is 4.80 Å². The summed E-state index contributed by atoms with van der Waals surface area (Å²) in [5.74, 6) is 0. The lowest BCUT2D eigenvalue weighted by atomic mass is 10.1. The Kier molecular flexibility index (Phi) is 5.70. The van der Waals surface area contributed by atoms with Gasteiger partial charge in [-0.05, 0) is 24.6 Å². The van der Waals surface area contributed by atoms with Crippen LogP contribution in [0, 0.1) is 20.2 Å². The van der Waals surface area contributed by atoms with Crippen LogP contribution in [0.4, 0.5) is 11.4 Å². The fraction of sp³-hybridized carbons (Fsp3) is 0.111. The number of nitrogens with zero attached hydrogens (tertiary/aromatic N) is 5. The van der Waals surface area contributed by atoms with Crippen molar-refractivity contribution in [3.63, 3.8) is 0 Å². The molecule has 0 saturated carbocycles. The number of benzene rings is 2. The van der Waals surface area contributed by atoms with Gasteiger partial charge in [0.25, 0.3) is 11.4 Å². The summed E-state index contributed by atoms with van der Waals surface area (Å²) in [4.78, 5) is 21.4. The Labute approximate surface area is 163 Å². The summed E-state index contributed by atoms with van der Waals surface area (Å²) in [6, 6.07) is 12.4. The molecule has 0 atom stereocenters. The molecule has 1 heterocycles. The van der Waals surface area contributed by atoms with Gasteiger partial charge in [0, 0.05) is 41.8 Å². The van der Waals surface area contributed by atoms with E-state index in [9.17, 15) is 20.2 Å². The first-order valence-electron chi connectivity index (χ1n) is 8.24. The normalized spacial score (nSPS) is 11.8. The Morgan fingerprint density at radius 2 is 1.79 bits per heavy atom. The van der Waals surface area contributed by atoms with E-state index < -0.39 is 9.85 Å². The molecule has 0 aliphatic heterocycles. The van der Waals surface area contributed by atoms with Crippen LogP contribution < -0.4 is 4.80 Å². The second-order valence-electron chi connectivity index (χ2n) is 5.65. The van der Waals surface area contributed by atoms with Crippen molar-refractivity contribution in [2.24, 2.45) is 10.2 Å². The zero-order valence-corrected chi connectivity index (χ0v) is 15.6. The molecule has 0 bridgehead atoms. The fourth-order valence-electron chi connectivity index (χ4n) is 2.55. The number of rotatable bonds is 6. The predicted molar refractivity (Wildman–Crippen MR) is 106 cm³/mol. The van der Waals surface area contributed by atoms with Crippen molar-refractivity contribution in [2.45, 2.75) is 13.5 Å². The first-order valence-corrected chi connectivity index (χ1v) is 9.12. The van der Waals surface area contributed by atoms with Gasteiger partial charge in [-0.1, -0.05) is 12.1 Å². The average Bonchev–Trinajstić information content (AvgIpc) is 3.11. The highest BCUT2D eigenvalue weighted by molar-refractivity contribution is 7.07. The molecule has 0 radical (unpaired) electrons. The van der Waals surface area contributed by atoms with E-state index in [1.165, 1.54) is 41.8 Å². The molecule has 0 fully saturated rings. The van der Waals surface area contributed by atoms with E-state index in [4.69, 9.17) is 0 Å². The van der Waals surface area contributed by atoms with Crippen molar-refractivity contribution in [3.8, 4) is 11.3 Å². The largest absolute Gasteiger partial charge is 0.315 e. The van der Waals surface area contributed by atoms with E-state index in [1.54, 1.807) is 18.2 Å². The van der Waals surface area contributed by atoms with Crippen molar-refractivity contribution >= 4 is 28.9 Å². The molecule has 9 nitrogen and oxygen atoms in total. The first-order chi connectivity index (χ1) is 13.5. The van der Waals surface area contributed by atoms with Crippen molar-refractivity contribution in [1.82, 2.24) is 4.57 Å². The van der Waals surface area contributed by atoms with E-state index in [0.717, 1.165) is 11.3 Å². The molecule has 0 unspecified atom stereocenters. The summed E-state index contributed by atoms with van der Waals surface area (Å²) in [6.45, 7) is 2.57. The number of nitro groups is 2. The lowest BCUT2D eigenvalue weighted by molar-refractivity contribution is -0.385. The Morgan fingerprint density at radius 3 is 2.43 bits per heavy atom. The smallest absolute Gasteiger partial charge is 0.270 e. The highest BCUT2D eigenvalue weighted by atomic mass is 32.1. The number of non-ortho nitro benzene ring substituents is 2. The van der Waals surface area contributed by atoms with E-state index in [1.807, 2.05) is 22.9 Å². The predicted octanol–water partition coefficient (Wildman–Crippen LogP) is 3.99. The Bertz CT molecular complexity index is 1120. The highest BCUT2D eigenvalue weighted by Gasteiger charge is 2.11. The second-order valence-corrected chi connectivity index (χ2v) is 6.48. The van der Waals surface area contributed by atoms with E-state index in [2.05, 4.69) is 10.2 Å². The molecule has 2 aromatic carbocycles. The van der Waals surface area contributed by atoms with Crippen LogP contribution in [-0.2, 0) is 6.54 Å². The van der Waals surface area contributed by atoms with E-state index in [-0.39, 0.29) is 11.4 Å². The van der Waals surface area contributed by atoms with Crippen molar-refractivity contribution in [3.05, 3.63) is 84.5 Å². The van der Waals surface area contributed by atoms with Crippen LogP contribution in [-0.4, -0.2) is 20.6 Å². The van der Waals surface area contributed by atoms with Gasteiger partial charge in [-0.2, -0.15) is 5.10 Å². The third-order valence-electron chi connectivity index (χ3n) is 3.92. The molecule has 0 aliphatic rings. The molecule has 3 aromatic rings. The summed E-state index contributed by atoms with van der Waals surface area (Å²) in [7, 11) is 0. The average molecular weight is 397 g/mol. The minimum Gasteiger partial charge on any atom is -0.315 e. The quantitative estimate of drug-likeness (QED) is 0.355. The van der Waals surface area contributed by atoms with Crippen LogP contribution in [0.2, 0.25) is 0 Å². The maximum Gasteiger partial charge on any atom is 0.270 e. The maximum absolute atomic E-state index is 11.0. The van der Waals surface area contributed by atoms with Crippen LogP contribution in [0.25, 0.3) is 11.3 Å². The molecule has 0 saturated heterocycles. The molecule has 0 aliphatic carbocycles. The topological polar surface area (TPSA) is 116 Å². The van der Waals surface area contributed by atoms with Gasteiger partial charge >= 0.3 is 0 Å². The lowest BCUT2D eigenvalue weighted by Gasteiger charge is -2.05. The van der Waals surface area contributed by atoms with Crippen LogP contribution in [0.3, 0.4) is 0 Å². The fourth-order valence-corrected chi connectivity index (χ4v) is 3.48. The second kappa shape index (κ2) is 8.35. The lowest BCUT2D eigenvalue weighted by Crippen LogP contribution is -2.14. The van der Waals surface area contributed by atoms with E-state index in [0.29, 0.717) is 16.9 Å². The molecule has 1 aromatic heterocycles. The summed E-state index contributed by atoms with van der Waals surface area (Å²) in [6.07, 6.45) is 1.51. The molecule has 142 valence electrons. The Hall–Kier alpha value is -3.66. The zero-order valence-electron chi connectivity index (χ0n) is 14.8. The van der Waals surface area contributed by atoms with Crippen molar-refractivity contribution in [1.29, 1.82) is 0 Å². The molecular weight excluding hydrogens is 382 g/mol. The molecule has 10 heteroatoms. The third-order valence-corrected chi connectivity index (χ3v) is 4.77. The van der Waals surface area contributed by atoms with Crippen LogP contribution in [0.1, 0.15) is 12.5 Å². The van der Waals surface area contributed by atoms with Gasteiger partial charge in [0.15, 0.2) is 0 Å². The molecule has 0 N–H and O–H groups in total. The number of hydrogen-bond acceptors (Lipinski definition) is 7. The minimum absolute atomic E-state index is 0.0118. The van der Waals surface area contributed by atoms with Crippen LogP contribution >= 0.6 is 11.3 Å². The SMILES string of the molecule is CCn1c(-c2cccc([N+](=O)[O-])c2)cs/c1=N\N=C/c1ccc([N+](=O)[O-])cc1.